The largest absolute Gasteiger partial charge is 0.508 e. The number of aliphatic hydroxyl groups is 4. The van der Waals surface area contributed by atoms with Crippen LogP contribution in [0.5, 0.6) is 11.5 Å². The van der Waals surface area contributed by atoms with Crippen LogP contribution in [-0.4, -0.2) is 101 Å². The predicted molar refractivity (Wildman–Crippen MR) is 205 cm³/mol. The van der Waals surface area contributed by atoms with E-state index in [2.05, 4.69) is 49.3 Å². The van der Waals surface area contributed by atoms with E-state index in [0.717, 1.165) is 10.6 Å². The molecule has 5 heterocycles. The second kappa shape index (κ2) is 13.1. The second-order valence-electron chi connectivity index (χ2n) is 15.9. The monoisotopic (exact) mass is 769 g/mol. The highest BCUT2D eigenvalue weighted by molar-refractivity contribution is 6.74. The lowest BCUT2D eigenvalue weighted by atomic mass is 9.96. The van der Waals surface area contributed by atoms with Crippen molar-refractivity contribution < 1.29 is 49.4 Å². The van der Waals surface area contributed by atoms with Crippen molar-refractivity contribution in [2.45, 2.75) is 82.7 Å². The Morgan fingerprint density at radius 2 is 1.58 bits per heavy atom. The van der Waals surface area contributed by atoms with Crippen molar-refractivity contribution >= 4 is 63.7 Å². The maximum Gasteiger partial charge on any atom is 0.276 e. The molecule has 0 bridgehead atoms. The van der Waals surface area contributed by atoms with Crippen LogP contribution in [0.4, 0.5) is 0 Å². The number of carbonyl (C=O) groups excluding carboxylic acids is 2. The molecule has 8 N–H and O–H groups in total. The van der Waals surface area contributed by atoms with Gasteiger partial charge < -0.3 is 49.4 Å². The van der Waals surface area contributed by atoms with Crippen molar-refractivity contribution in [2.24, 2.45) is 0 Å². The topological polar surface area (TPSA) is 223 Å². The van der Waals surface area contributed by atoms with Gasteiger partial charge >= 0.3 is 0 Å². The number of aromatic nitrogens is 3. The summed E-state index contributed by atoms with van der Waals surface area (Å²) in [6.07, 6.45) is -6.11. The van der Waals surface area contributed by atoms with Gasteiger partial charge in [0, 0.05) is 39.9 Å². The third-order valence-corrected chi connectivity index (χ3v) is 15.9. The lowest BCUT2D eigenvalue weighted by molar-refractivity contribution is -0.249. The third kappa shape index (κ3) is 5.79. The van der Waals surface area contributed by atoms with E-state index in [0.29, 0.717) is 39.5 Å². The minimum atomic E-state index is -1.98. The average molecular weight is 770 g/mol. The molecule has 55 heavy (non-hydrogen) atoms. The normalized spacial score (nSPS) is 22.2. The molecule has 8 rings (SSSR count). The number of aliphatic hydroxyl groups excluding tert-OH is 4. The Bertz CT molecular complexity index is 2520. The number of benzene rings is 3. The van der Waals surface area contributed by atoms with Crippen molar-refractivity contribution in [3.05, 3.63) is 77.1 Å². The molecule has 288 valence electrons. The maximum atomic E-state index is 14.6. The SMILES string of the molecule is CC(C)(C)[Si](C)(C)OCc1ccc(CNN2C(=O)c3c(c4c5ccc(O)cc5n([C@@H]5O[C@H](CO)[C@@H](O)[C@H](O)[C@H]5O)c4c4[nH]c5cc(O)ccc5c34)C2=O)nc1. The number of pyridine rings is 1. The van der Waals surface area contributed by atoms with Crippen molar-refractivity contribution in [1.29, 1.82) is 0 Å². The Balaban J connectivity index is 1.25. The molecular weight excluding hydrogens is 727 g/mol. The molecule has 2 aliphatic heterocycles. The Labute approximate surface area is 315 Å². The van der Waals surface area contributed by atoms with E-state index in [1.54, 1.807) is 24.4 Å². The van der Waals surface area contributed by atoms with Gasteiger partial charge in [-0.1, -0.05) is 26.8 Å². The van der Waals surface area contributed by atoms with Crippen LogP contribution in [0.25, 0.3) is 43.6 Å². The third-order valence-electron chi connectivity index (χ3n) is 11.4. The number of nitrogens with one attached hydrogen (secondary N) is 2. The lowest BCUT2D eigenvalue weighted by Gasteiger charge is -2.41. The molecule has 0 spiro atoms. The summed E-state index contributed by atoms with van der Waals surface area (Å²) >= 11 is 0. The van der Waals surface area contributed by atoms with Gasteiger partial charge in [0.1, 0.15) is 35.9 Å². The number of aromatic amines is 1. The summed E-state index contributed by atoms with van der Waals surface area (Å²) in [6, 6.07) is 12.6. The quantitative estimate of drug-likeness (QED) is 0.0812. The van der Waals surface area contributed by atoms with E-state index in [1.165, 1.54) is 28.8 Å². The molecule has 3 aromatic carbocycles. The molecule has 2 amide bonds. The highest BCUT2D eigenvalue weighted by Crippen LogP contribution is 2.48. The number of fused-ring (bicyclic) bond motifs is 10. The van der Waals surface area contributed by atoms with E-state index in [-0.39, 0.29) is 50.6 Å². The van der Waals surface area contributed by atoms with Crippen LogP contribution in [0.15, 0.2) is 54.7 Å². The summed E-state index contributed by atoms with van der Waals surface area (Å²) in [5, 5.41) is 66.5. The van der Waals surface area contributed by atoms with Gasteiger partial charge in [-0.3, -0.25) is 14.6 Å². The minimum absolute atomic E-state index is 0.0311. The van der Waals surface area contributed by atoms with Gasteiger partial charge in [-0.2, -0.15) is 0 Å². The number of hydrogen-bond acceptors (Lipinski definition) is 12. The first-order valence-corrected chi connectivity index (χ1v) is 20.9. The molecule has 5 atom stereocenters. The Kier molecular flexibility index (Phi) is 8.82. The number of amides is 2. The van der Waals surface area contributed by atoms with Gasteiger partial charge in [0.05, 0.1) is 58.6 Å². The predicted octanol–water partition coefficient (Wildman–Crippen LogP) is 4.03. The zero-order valence-electron chi connectivity index (χ0n) is 30.9. The molecule has 1 fully saturated rings. The van der Waals surface area contributed by atoms with Crippen LogP contribution in [0.1, 0.15) is 59.0 Å². The van der Waals surface area contributed by atoms with Crippen LogP contribution >= 0.6 is 0 Å². The van der Waals surface area contributed by atoms with E-state index >= 15 is 0 Å². The number of hydrogen-bond donors (Lipinski definition) is 8. The van der Waals surface area contributed by atoms with Crippen molar-refractivity contribution in [2.75, 3.05) is 6.61 Å². The fourth-order valence-electron chi connectivity index (χ4n) is 7.40. The van der Waals surface area contributed by atoms with Gasteiger partial charge in [0.2, 0.25) is 0 Å². The molecule has 6 aromatic rings. The molecule has 2 aliphatic rings. The van der Waals surface area contributed by atoms with Crippen LogP contribution in [0.2, 0.25) is 18.1 Å². The number of phenolic OH excluding ortho intramolecular Hbond substituents is 2. The fraction of sp³-hybridized carbons (Fsp3) is 0.359. The summed E-state index contributed by atoms with van der Waals surface area (Å²) in [6.45, 7) is 10.6. The number of nitrogens with zero attached hydrogens (tertiary/aromatic N) is 3. The number of rotatable bonds is 8. The summed E-state index contributed by atoms with van der Waals surface area (Å²) < 4.78 is 13.8. The minimum Gasteiger partial charge on any atom is -0.508 e. The van der Waals surface area contributed by atoms with E-state index in [1.807, 2.05) is 6.07 Å². The second-order valence-corrected chi connectivity index (χ2v) is 20.7. The Morgan fingerprint density at radius 1 is 0.909 bits per heavy atom. The Morgan fingerprint density at radius 3 is 2.24 bits per heavy atom. The zero-order valence-corrected chi connectivity index (χ0v) is 31.9. The summed E-state index contributed by atoms with van der Waals surface area (Å²) in [4.78, 5) is 36.9. The number of ether oxygens (including phenoxy) is 1. The molecule has 1 saturated heterocycles. The molecule has 15 nitrogen and oxygen atoms in total. The van der Waals surface area contributed by atoms with Crippen LogP contribution < -0.4 is 5.43 Å². The first-order chi connectivity index (χ1) is 26.0. The molecule has 0 aliphatic carbocycles. The number of H-pyrrole nitrogens is 1. The van der Waals surface area contributed by atoms with Crippen molar-refractivity contribution in [1.82, 2.24) is 25.0 Å². The van der Waals surface area contributed by atoms with E-state index < -0.39 is 57.4 Å². The number of aromatic hydroxyl groups is 2. The van der Waals surface area contributed by atoms with Gasteiger partial charge in [0.15, 0.2) is 14.5 Å². The molecular formula is C39H43N5O10Si. The smallest absolute Gasteiger partial charge is 0.276 e. The standard InChI is InChI=1S/C39H43N5O10Si/c1-39(2,3)55(4,5)53-17-18-6-7-19(40-14-18)15-41-44-36(51)29-27-22-10-8-20(46)12-24(22)42-31(27)32-28(30(29)37(44)52)23-11-9-21(47)13-25(23)43(32)38-35(50)34(49)33(48)26(16-45)54-38/h6-14,26,33-35,38,41-42,45-50H,15-17H2,1-5H3/t26-,33-,34+,35-,38-/m1/s1. The van der Waals surface area contributed by atoms with Crippen LogP contribution in [0, 0.1) is 0 Å². The summed E-state index contributed by atoms with van der Waals surface area (Å²) in [7, 11) is -1.98. The van der Waals surface area contributed by atoms with Crippen molar-refractivity contribution in [3.63, 3.8) is 0 Å². The van der Waals surface area contributed by atoms with Crippen LogP contribution in [-0.2, 0) is 22.3 Å². The highest BCUT2D eigenvalue weighted by atomic mass is 28.4. The van der Waals surface area contributed by atoms with Gasteiger partial charge in [-0.05, 0) is 54.0 Å². The maximum absolute atomic E-state index is 14.6. The molecule has 0 radical (unpaired) electrons. The molecule has 16 heteroatoms. The highest BCUT2D eigenvalue weighted by Gasteiger charge is 2.47. The average Bonchev–Trinajstić information content (AvgIpc) is 3.75. The number of imide groups is 1. The van der Waals surface area contributed by atoms with E-state index in [4.69, 9.17) is 9.16 Å². The first kappa shape index (κ1) is 37.0. The molecule has 0 unspecified atom stereocenters. The van der Waals surface area contributed by atoms with Crippen LogP contribution in [0.3, 0.4) is 0 Å². The summed E-state index contributed by atoms with van der Waals surface area (Å²) in [5.74, 6) is -1.51. The van der Waals surface area contributed by atoms with Gasteiger partial charge in [0.25, 0.3) is 11.8 Å². The molecule has 0 saturated carbocycles. The van der Waals surface area contributed by atoms with Gasteiger partial charge in [-0.15, -0.1) is 0 Å². The molecule has 3 aromatic heterocycles. The Hall–Kier alpha value is -4.91. The number of carbonyl (C=O) groups is 2. The van der Waals surface area contributed by atoms with Crippen molar-refractivity contribution in [3.8, 4) is 11.5 Å². The van der Waals surface area contributed by atoms with E-state index in [9.17, 15) is 40.2 Å². The zero-order chi connectivity index (χ0) is 39.3. The lowest BCUT2D eigenvalue weighted by Crippen LogP contribution is -2.56. The fourth-order valence-corrected chi connectivity index (χ4v) is 8.36. The first-order valence-electron chi connectivity index (χ1n) is 18.0. The number of phenols is 2. The number of hydrazine groups is 1. The van der Waals surface area contributed by atoms with Gasteiger partial charge in [-0.25, -0.2) is 10.4 Å². The summed E-state index contributed by atoms with van der Waals surface area (Å²) in [5.41, 5.74) is 5.88.